The third kappa shape index (κ3) is 3.78. The van der Waals surface area contributed by atoms with Gasteiger partial charge in [0.1, 0.15) is 0 Å². The summed E-state index contributed by atoms with van der Waals surface area (Å²) in [6.45, 7) is 1.78. The minimum Gasteiger partial charge on any atom is -0.467 e. The molecule has 20 heavy (non-hydrogen) atoms. The van der Waals surface area contributed by atoms with E-state index in [2.05, 4.69) is 13.7 Å². The predicted molar refractivity (Wildman–Crippen MR) is 67.3 cm³/mol. The fourth-order valence-corrected chi connectivity index (χ4v) is 2.27. The maximum Gasteiger partial charge on any atom is 0.348 e. The highest BCUT2D eigenvalue weighted by atomic mass is 32.2. The van der Waals surface area contributed by atoms with Crippen molar-refractivity contribution in [1.82, 2.24) is 0 Å². The zero-order valence-corrected chi connectivity index (χ0v) is 12.0. The number of methoxy groups -OCH3 is 2. The number of rotatable bonds is 5. The SMILES string of the molecule is COC(=O)C(OS(=O)(=O)c1ccc(C)cc1)C(=O)OC. The molecule has 0 radical (unpaired) electrons. The highest BCUT2D eigenvalue weighted by Crippen LogP contribution is 2.16. The van der Waals surface area contributed by atoms with Crippen LogP contribution in [0, 0.1) is 6.92 Å². The number of hydrogen-bond donors (Lipinski definition) is 0. The minimum absolute atomic E-state index is 0.180. The van der Waals surface area contributed by atoms with Crippen molar-refractivity contribution in [3.05, 3.63) is 29.8 Å². The largest absolute Gasteiger partial charge is 0.467 e. The van der Waals surface area contributed by atoms with Gasteiger partial charge in [0.05, 0.1) is 19.1 Å². The standard InChI is InChI=1S/C12H14O7S/c1-8-4-6-9(7-5-8)20(15,16)19-10(11(13)17-2)12(14)18-3/h4-7,10H,1-3H3. The van der Waals surface area contributed by atoms with Crippen LogP contribution in [0.4, 0.5) is 0 Å². The average Bonchev–Trinajstić information content (AvgIpc) is 2.43. The van der Waals surface area contributed by atoms with E-state index in [9.17, 15) is 18.0 Å². The number of carbonyl (C=O) groups is 2. The fraction of sp³-hybridized carbons (Fsp3) is 0.333. The number of aryl methyl sites for hydroxylation is 1. The van der Waals surface area contributed by atoms with E-state index in [0.717, 1.165) is 19.8 Å². The molecule has 0 saturated heterocycles. The van der Waals surface area contributed by atoms with Crippen LogP contribution in [-0.4, -0.2) is 40.7 Å². The first kappa shape index (κ1) is 16.1. The van der Waals surface area contributed by atoms with Crippen LogP contribution in [-0.2, 0) is 33.4 Å². The molecule has 0 aliphatic heterocycles. The second-order valence-corrected chi connectivity index (χ2v) is 5.36. The van der Waals surface area contributed by atoms with E-state index in [1.807, 2.05) is 0 Å². The summed E-state index contributed by atoms with van der Waals surface area (Å²) in [6, 6.07) is 5.72. The molecule has 0 spiro atoms. The lowest BCUT2D eigenvalue weighted by molar-refractivity contribution is -0.163. The summed E-state index contributed by atoms with van der Waals surface area (Å²) in [4.78, 5) is 22.5. The smallest absolute Gasteiger partial charge is 0.348 e. The van der Waals surface area contributed by atoms with Gasteiger partial charge in [-0.15, -0.1) is 0 Å². The van der Waals surface area contributed by atoms with Gasteiger partial charge in [0.2, 0.25) is 0 Å². The maximum atomic E-state index is 12.0. The summed E-state index contributed by atoms with van der Waals surface area (Å²) >= 11 is 0. The van der Waals surface area contributed by atoms with E-state index >= 15 is 0 Å². The lowest BCUT2D eigenvalue weighted by Gasteiger charge is -2.13. The predicted octanol–water partition coefficient (Wildman–Crippen LogP) is 0.415. The van der Waals surface area contributed by atoms with Gasteiger partial charge >= 0.3 is 11.9 Å². The summed E-state index contributed by atoms with van der Waals surface area (Å²) in [7, 11) is -2.29. The van der Waals surface area contributed by atoms with E-state index in [0.29, 0.717) is 0 Å². The molecular formula is C12H14O7S. The first-order chi connectivity index (χ1) is 9.31. The molecule has 0 heterocycles. The number of hydrogen-bond acceptors (Lipinski definition) is 7. The van der Waals surface area contributed by atoms with Crippen molar-refractivity contribution in [1.29, 1.82) is 0 Å². The Kier molecular flexibility index (Phi) is 5.23. The second-order valence-electron chi connectivity index (χ2n) is 3.79. The summed E-state index contributed by atoms with van der Waals surface area (Å²) in [6.07, 6.45) is -1.99. The monoisotopic (exact) mass is 302 g/mol. The molecule has 0 atom stereocenters. The van der Waals surface area contributed by atoms with Gasteiger partial charge in [-0.1, -0.05) is 17.7 Å². The molecule has 0 bridgehead atoms. The van der Waals surface area contributed by atoms with Crippen LogP contribution in [0.25, 0.3) is 0 Å². The molecule has 1 aromatic carbocycles. The maximum absolute atomic E-state index is 12.0. The molecule has 8 heteroatoms. The molecule has 0 fully saturated rings. The first-order valence-corrected chi connectivity index (χ1v) is 6.88. The van der Waals surface area contributed by atoms with Crippen LogP contribution in [0.3, 0.4) is 0 Å². The van der Waals surface area contributed by atoms with Crippen LogP contribution in [0.5, 0.6) is 0 Å². The van der Waals surface area contributed by atoms with Crippen molar-refractivity contribution >= 4 is 22.1 Å². The van der Waals surface area contributed by atoms with Gasteiger partial charge in [-0.2, -0.15) is 8.42 Å². The molecule has 110 valence electrons. The summed E-state index contributed by atoms with van der Waals surface area (Å²) < 4.78 is 37.1. The van der Waals surface area contributed by atoms with Crippen molar-refractivity contribution in [2.75, 3.05) is 14.2 Å². The van der Waals surface area contributed by atoms with Gasteiger partial charge < -0.3 is 9.47 Å². The van der Waals surface area contributed by atoms with Crippen molar-refractivity contribution in [3.63, 3.8) is 0 Å². The van der Waals surface area contributed by atoms with E-state index in [1.54, 1.807) is 19.1 Å². The highest BCUT2D eigenvalue weighted by Gasteiger charge is 2.35. The normalized spacial score (nSPS) is 11.2. The molecule has 0 aliphatic carbocycles. The van der Waals surface area contributed by atoms with Crippen LogP contribution >= 0.6 is 0 Å². The molecule has 0 N–H and O–H groups in total. The third-order valence-corrected chi connectivity index (χ3v) is 3.66. The molecule has 0 saturated carbocycles. The summed E-state index contributed by atoms with van der Waals surface area (Å²) in [5, 5.41) is 0. The highest BCUT2D eigenvalue weighted by molar-refractivity contribution is 7.86. The first-order valence-electron chi connectivity index (χ1n) is 5.47. The Morgan fingerprint density at radius 3 is 1.85 bits per heavy atom. The summed E-state index contributed by atoms with van der Waals surface area (Å²) in [5.74, 6) is -2.32. The lowest BCUT2D eigenvalue weighted by atomic mass is 10.2. The second kappa shape index (κ2) is 6.49. The van der Waals surface area contributed by atoms with E-state index < -0.39 is 28.2 Å². The van der Waals surface area contributed by atoms with Crippen LogP contribution < -0.4 is 0 Å². The average molecular weight is 302 g/mol. The van der Waals surface area contributed by atoms with Crippen molar-refractivity contribution < 1.29 is 31.7 Å². The molecule has 1 rings (SSSR count). The Balaban J connectivity index is 3.05. The zero-order valence-electron chi connectivity index (χ0n) is 11.2. The fourth-order valence-electron chi connectivity index (χ4n) is 1.28. The third-order valence-electron chi connectivity index (χ3n) is 2.36. The van der Waals surface area contributed by atoms with Crippen LogP contribution in [0.1, 0.15) is 5.56 Å². The van der Waals surface area contributed by atoms with E-state index in [-0.39, 0.29) is 4.90 Å². The van der Waals surface area contributed by atoms with Crippen LogP contribution in [0.2, 0.25) is 0 Å². The number of carbonyl (C=O) groups excluding carboxylic acids is 2. The van der Waals surface area contributed by atoms with Gasteiger partial charge in [-0.05, 0) is 19.1 Å². The molecule has 7 nitrogen and oxygen atoms in total. The quantitative estimate of drug-likeness (QED) is 0.441. The molecule has 1 aromatic rings. The molecule has 0 aromatic heterocycles. The lowest BCUT2D eigenvalue weighted by Crippen LogP contribution is -2.36. The van der Waals surface area contributed by atoms with Gasteiger partial charge in [-0.3, -0.25) is 0 Å². The van der Waals surface area contributed by atoms with E-state index in [4.69, 9.17) is 0 Å². The minimum atomic E-state index is -4.29. The molecule has 0 unspecified atom stereocenters. The molecule has 0 aliphatic rings. The van der Waals surface area contributed by atoms with Crippen molar-refractivity contribution in [2.45, 2.75) is 17.9 Å². The van der Waals surface area contributed by atoms with Gasteiger partial charge in [0.15, 0.2) is 0 Å². The van der Waals surface area contributed by atoms with Gasteiger partial charge in [0.25, 0.3) is 16.2 Å². The van der Waals surface area contributed by atoms with Gasteiger partial charge in [0, 0.05) is 0 Å². The summed E-state index contributed by atoms with van der Waals surface area (Å²) in [5.41, 5.74) is 0.849. The van der Waals surface area contributed by atoms with Crippen molar-refractivity contribution in [3.8, 4) is 0 Å². The molecular weight excluding hydrogens is 288 g/mol. The number of benzene rings is 1. The Labute approximate surface area is 116 Å². The van der Waals surface area contributed by atoms with Gasteiger partial charge in [-0.25, -0.2) is 13.8 Å². The number of esters is 2. The Morgan fingerprint density at radius 2 is 1.45 bits per heavy atom. The molecule has 0 amide bonds. The van der Waals surface area contributed by atoms with E-state index in [1.165, 1.54) is 12.1 Å². The van der Waals surface area contributed by atoms with Crippen molar-refractivity contribution in [2.24, 2.45) is 0 Å². The Morgan fingerprint density at radius 1 is 1.00 bits per heavy atom. The Hall–Kier alpha value is -1.93. The van der Waals surface area contributed by atoms with Crippen LogP contribution in [0.15, 0.2) is 29.2 Å². The zero-order chi connectivity index (χ0) is 15.3. The topological polar surface area (TPSA) is 96.0 Å². The number of ether oxygens (including phenoxy) is 2. The Bertz CT molecular complexity index is 573.